The van der Waals surface area contributed by atoms with Crippen LogP contribution < -0.4 is 32.9 Å². The lowest BCUT2D eigenvalue weighted by molar-refractivity contribution is 0.0820. The molecule has 0 aromatic carbocycles. The molecule has 3 aromatic rings. The van der Waals surface area contributed by atoms with Crippen LogP contribution in [0.25, 0.3) is 0 Å². The third-order valence-corrected chi connectivity index (χ3v) is 16.0. The van der Waals surface area contributed by atoms with E-state index in [1.165, 1.54) is 24.3 Å². The highest BCUT2D eigenvalue weighted by atomic mass is 35.5. The van der Waals surface area contributed by atoms with Gasteiger partial charge in [0.15, 0.2) is 0 Å². The van der Waals surface area contributed by atoms with Crippen molar-refractivity contribution in [2.45, 2.75) is 135 Å². The number of nitrogens with one attached hydrogen (secondary N) is 1. The van der Waals surface area contributed by atoms with Crippen LogP contribution >= 0.6 is 34.8 Å². The molecule has 3 fully saturated rings. The summed E-state index contributed by atoms with van der Waals surface area (Å²) in [6, 6.07) is 6.74. The molecule has 25 heteroatoms. The fraction of sp³-hybridized carbons (Fsp3) is 0.690. The number of ether oxygens (including phenoxy) is 7. The van der Waals surface area contributed by atoms with E-state index in [1.54, 1.807) is 12.7 Å². The second kappa shape index (κ2) is 28.1. The van der Waals surface area contributed by atoms with E-state index in [9.17, 15) is 24.0 Å². The van der Waals surface area contributed by atoms with Gasteiger partial charge in [0.2, 0.25) is 12.5 Å². The first kappa shape index (κ1) is 58.5. The highest BCUT2D eigenvalue weighted by Crippen LogP contribution is 2.20. The summed E-state index contributed by atoms with van der Waals surface area (Å²) >= 11 is 17.9. The third kappa shape index (κ3) is 22.6. The van der Waals surface area contributed by atoms with E-state index in [-0.39, 0.29) is 59.8 Å². The van der Waals surface area contributed by atoms with Crippen LogP contribution in [0.5, 0.6) is 5.88 Å². The van der Waals surface area contributed by atoms with Gasteiger partial charge in [-0.1, -0.05) is 93.7 Å². The van der Waals surface area contributed by atoms with Crippen molar-refractivity contribution in [1.29, 1.82) is 0 Å². The largest absolute Gasteiger partial charge is 0.472 e. The maximum absolute atomic E-state index is 12.5. The number of halogens is 3. The van der Waals surface area contributed by atoms with Gasteiger partial charge in [-0.3, -0.25) is 28.3 Å². The van der Waals surface area contributed by atoms with Crippen LogP contribution in [0.2, 0.25) is 92.5 Å². The van der Waals surface area contributed by atoms with Crippen LogP contribution in [0, 0.1) is 6.61 Å². The first-order valence-electron chi connectivity index (χ1n) is 22.3. The average molecular weight is 1060 g/mol. The van der Waals surface area contributed by atoms with Crippen molar-refractivity contribution in [3.8, 4) is 5.88 Å². The van der Waals surface area contributed by atoms with E-state index < -0.39 is 52.4 Å². The molecule has 378 valence electrons. The predicted molar refractivity (Wildman–Crippen MR) is 267 cm³/mol. The molecule has 2 N–H and O–H groups in total. The molecule has 3 saturated heterocycles. The van der Waals surface area contributed by atoms with Gasteiger partial charge in [-0.05, 0) is 24.6 Å². The fourth-order valence-corrected chi connectivity index (χ4v) is 8.70. The molecular formula is C42H70Cl3N6O13Si3+. The summed E-state index contributed by atoms with van der Waals surface area (Å²) in [4.78, 5) is 64.9. The smallest absolute Gasteiger partial charge is 0.353 e. The molecular weight excluding hydrogens is 987 g/mol. The third-order valence-electron chi connectivity index (χ3n) is 9.97. The second-order valence-corrected chi connectivity index (χ2v) is 37.8. The molecule has 3 aliphatic rings. The topological polar surface area (TPSA) is 219 Å². The average Bonchev–Trinajstić information content (AvgIpc) is 4.02. The highest BCUT2D eigenvalue weighted by molar-refractivity contribution is 6.76. The van der Waals surface area contributed by atoms with Gasteiger partial charge in [0, 0.05) is 75.3 Å². The number of H-pyrrole nitrogens is 1. The second-order valence-electron chi connectivity index (χ2n) is 19.8. The zero-order valence-electron chi connectivity index (χ0n) is 40.3. The fourth-order valence-electron chi connectivity index (χ4n) is 5.77. The Morgan fingerprint density at radius 3 is 1.69 bits per heavy atom. The maximum Gasteiger partial charge on any atom is 0.353 e. The van der Waals surface area contributed by atoms with Crippen LogP contribution in [0.1, 0.15) is 25.3 Å². The van der Waals surface area contributed by atoms with Gasteiger partial charge in [-0.2, -0.15) is 9.72 Å². The lowest BCUT2D eigenvalue weighted by Crippen LogP contribution is -2.42. The number of aromatic amines is 1. The van der Waals surface area contributed by atoms with Crippen LogP contribution in [-0.4, -0.2) is 123 Å². The molecule has 0 aliphatic carbocycles. The summed E-state index contributed by atoms with van der Waals surface area (Å²) in [5.41, 5.74) is -2.37. The molecule has 3 aliphatic heterocycles. The van der Waals surface area contributed by atoms with E-state index in [1.807, 2.05) is 0 Å². The first-order chi connectivity index (χ1) is 31.3. The van der Waals surface area contributed by atoms with Crippen molar-refractivity contribution >= 4 is 59.0 Å². The zero-order valence-corrected chi connectivity index (χ0v) is 45.5. The molecule has 0 radical (unpaired) electrons. The lowest BCUT2D eigenvalue weighted by atomic mass is 10.2. The number of hydrogen-bond donors (Lipinski definition) is 2. The van der Waals surface area contributed by atoms with E-state index >= 15 is 0 Å². The molecule has 0 amide bonds. The lowest BCUT2D eigenvalue weighted by Gasteiger charge is -2.17. The number of rotatable bonds is 18. The van der Waals surface area contributed by atoms with Gasteiger partial charge >= 0.3 is 17.1 Å². The Bertz CT molecular complexity index is 2270. The number of aliphatic hydroxyl groups is 1. The Morgan fingerprint density at radius 1 is 0.716 bits per heavy atom. The Hall–Kier alpha value is -2.85. The summed E-state index contributed by atoms with van der Waals surface area (Å²) in [5.74, 6) is 0.240. The van der Waals surface area contributed by atoms with Gasteiger partial charge in [-0.15, -0.1) is 0 Å². The molecule has 0 bridgehead atoms. The van der Waals surface area contributed by atoms with Gasteiger partial charge in [-0.25, -0.2) is 19.0 Å². The molecule has 0 spiro atoms. The monoisotopic (exact) mass is 1060 g/mol. The molecule has 19 nitrogen and oxygen atoms in total. The van der Waals surface area contributed by atoms with Gasteiger partial charge in [0.05, 0.1) is 25.9 Å². The minimum Gasteiger partial charge on any atom is -0.472 e. The minimum atomic E-state index is -1.18. The van der Waals surface area contributed by atoms with Crippen LogP contribution in [-0.2, 0) is 48.6 Å². The summed E-state index contributed by atoms with van der Waals surface area (Å²) in [5, 5.41) is 9.06. The van der Waals surface area contributed by atoms with Crippen LogP contribution in [0.3, 0.4) is 0 Å². The van der Waals surface area contributed by atoms with Crippen molar-refractivity contribution in [2.75, 3.05) is 52.9 Å². The van der Waals surface area contributed by atoms with Crippen LogP contribution in [0.15, 0.2) is 42.2 Å². The molecule has 3 aromatic heterocycles. The highest BCUT2D eigenvalue weighted by Gasteiger charge is 2.29. The Balaban J connectivity index is 0.000000252. The van der Waals surface area contributed by atoms with E-state index in [0.717, 1.165) is 43.6 Å². The van der Waals surface area contributed by atoms with Crippen molar-refractivity contribution in [2.24, 2.45) is 0 Å². The molecule has 6 heterocycles. The van der Waals surface area contributed by atoms with Gasteiger partial charge in [0.1, 0.15) is 60.8 Å². The molecule has 6 rings (SSSR count). The van der Waals surface area contributed by atoms with E-state index in [0.29, 0.717) is 52.7 Å². The van der Waals surface area contributed by atoms with E-state index in [4.69, 9.17) is 73.1 Å². The minimum absolute atomic E-state index is 0.0553. The number of aliphatic hydroxyl groups excluding tert-OH is 1. The van der Waals surface area contributed by atoms with Gasteiger partial charge < -0.3 is 33.5 Å². The van der Waals surface area contributed by atoms with E-state index in [2.05, 4.69) is 68.9 Å². The summed E-state index contributed by atoms with van der Waals surface area (Å²) in [7, 11) is -3.46. The Kier molecular flexibility index (Phi) is 24.5. The van der Waals surface area contributed by atoms with Crippen molar-refractivity contribution in [3.63, 3.8) is 0 Å². The molecule has 3 unspecified atom stereocenters. The zero-order chi connectivity index (χ0) is 50.0. The standard InChI is InChI=1S/C14H23ClN2O4Si.C14H22ClN2O4Si.C10H17ClN2O3Si.C4H8O2/c1-22(2,3)7-6-20-10-17-12(15)8-13(16-14(17)18)21-11-4-5-19-9-11;1-22(2,3)7-6-21-10-16-12(15)8-13(18)17(14(16)19)11-4-5-20-9-11;1-17(2,3)5-4-16-7-13-8(11)6-9(14)12-10(13)15;5-4-1-2-6-3-4/h8,11H,4-7,9-10H2,1-3H3;5,8,11H,4,6-7,9-10H2,1-3H3;6H,4-5,7H2,1-3H3,(H,12,14,15);4-5H,1-3H2/q;+1;;. The number of hydrogen-bond acceptors (Lipinski definition) is 14. The van der Waals surface area contributed by atoms with Gasteiger partial charge in [0.25, 0.3) is 11.1 Å². The van der Waals surface area contributed by atoms with Crippen molar-refractivity contribution < 1.29 is 38.3 Å². The summed E-state index contributed by atoms with van der Waals surface area (Å²) < 4.78 is 42.2. The quantitative estimate of drug-likeness (QED) is 0.0672. The first-order valence-corrected chi connectivity index (χ1v) is 34.5. The SMILES string of the molecule is C[Si](C)(C)CCOCn1c(Cl)cc(=O)[nH]c1=O.C[Si](C)(C)CCOCn1c(Cl)cc(=O)n(C2C[CH+]OC2)c1=O.C[Si](C)(C)CCOCn1c(Cl)cc(OC2CCOC2)nc1=O.OC1CCOC1. The molecule has 3 atom stereocenters. The summed E-state index contributed by atoms with van der Waals surface area (Å²) in [6.45, 7) is 26.8. The van der Waals surface area contributed by atoms with Crippen molar-refractivity contribution in [3.05, 3.63) is 92.4 Å². The maximum atomic E-state index is 12.5. The predicted octanol–water partition coefficient (Wildman–Crippen LogP) is 5.75. The number of aromatic nitrogens is 6. The van der Waals surface area contributed by atoms with Crippen LogP contribution in [0.4, 0.5) is 0 Å². The Labute approximate surface area is 409 Å². The molecule has 67 heavy (non-hydrogen) atoms. The molecule has 0 saturated carbocycles. The Morgan fingerprint density at radius 2 is 1.24 bits per heavy atom. The summed E-state index contributed by atoms with van der Waals surface area (Å²) in [6.07, 6.45) is 1.91. The number of nitrogens with zero attached hydrogens (tertiary/aromatic N) is 5. The normalized spacial score (nSPS) is 18.3. The van der Waals surface area contributed by atoms with Crippen molar-refractivity contribution in [1.82, 2.24) is 28.2 Å².